The third kappa shape index (κ3) is 5.34. The van der Waals surface area contributed by atoms with Crippen molar-refractivity contribution < 1.29 is 22.7 Å². The first kappa shape index (κ1) is 21.7. The van der Waals surface area contributed by atoms with E-state index in [9.17, 15) is 23.3 Å². The highest BCUT2D eigenvalue weighted by Crippen LogP contribution is 2.22. The second-order valence-corrected chi connectivity index (χ2v) is 8.21. The smallest absolute Gasteiger partial charge is 0.270 e. The van der Waals surface area contributed by atoms with E-state index in [-0.39, 0.29) is 16.5 Å². The predicted octanol–water partition coefficient (Wildman–Crippen LogP) is 3.65. The summed E-state index contributed by atoms with van der Waals surface area (Å²) in [6.45, 7) is 3.38. The van der Waals surface area contributed by atoms with E-state index < -0.39 is 20.9 Å². The molecular weight excluding hydrogens is 424 g/mol. The van der Waals surface area contributed by atoms with Gasteiger partial charge in [0.05, 0.1) is 15.5 Å². The van der Waals surface area contributed by atoms with Crippen LogP contribution in [-0.4, -0.2) is 24.4 Å². The Labute approximate surface area is 177 Å². The fraction of sp³-hybridized carbons (Fsp3) is 0.100. The van der Waals surface area contributed by atoms with E-state index >= 15 is 0 Å². The lowest BCUT2D eigenvalue weighted by atomic mass is 10.2. The number of nitro groups is 1. The van der Waals surface area contributed by atoms with Crippen molar-refractivity contribution in [1.29, 1.82) is 0 Å². The lowest BCUT2D eigenvalue weighted by molar-refractivity contribution is -0.384. The van der Waals surface area contributed by atoms with Crippen LogP contribution >= 0.6 is 0 Å². The number of rotatable bonds is 7. The topological polar surface area (TPSA) is 144 Å². The standard InChI is InChI=1S/C20H18N4O6S/c1-13-14(2)22-30-20(13)23-31(28,29)18-9-7-16(8-10-18)21-19(25)11-6-15-4-3-5-17(12-15)24(26)27/h3-12,23H,1-2H3,(H,21,25)/b11-6+. The molecule has 0 unspecified atom stereocenters. The van der Waals surface area contributed by atoms with Crippen LogP contribution in [0.5, 0.6) is 0 Å². The van der Waals surface area contributed by atoms with Gasteiger partial charge in [-0.2, -0.15) is 0 Å². The van der Waals surface area contributed by atoms with Crippen LogP contribution in [0.15, 0.2) is 64.0 Å². The number of aromatic nitrogens is 1. The van der Waals surface area contributed by atoms with E-state index in [1.807, 2.05) is 0 Å². The number of nitrogens with one attached hydrogen (secondary N) is 2. The first-order valence-electron chi connectivity index (χ1n) is 8.95. The number of anilines is 2. The van der Waals surface area contributed by atoms with Crippen molar-refractivity contribution in [3.63, 3.8) is 0 Å². The Morgan fingerprint density at radius 2 is 1.87 bits per heavy atom. The van der Waals surface area contributed by atoms with Gasteiger partial charge in [-0.3, -0.25) is 14.9 Å². The number of nitrogens with zero attached hydrogens (tertiary/aromatic N) is 2. The lowest BCUT2D eigenvalue weighted by Crippen LogP contribution is -2.13. The molecule has 31 heavy (non-hydrogen) atoms. The number of carbonyl (C=O) groups excluding carboxylic acids is 1. The molecule has 0 radical (unpaired) electrons. The van der Waals surface area contributed by atoms with Gasteiger partial charge in [-0.1, -0.05) is 17.3 Å². The van der Waals surface area contributed by atoms with Crippen LogP contribution in [0, 0.1) is 24.0 Å². The van der Waals surface area contributed by atoms with Gasteiger partial charge in [-0.15, -0.1) is 0 Å². The van der Waals surface area contributed by atoms with Gasteiger partial charge in [0.2, 0.25) is 11.8 Å². The zero-order valence-corrected chi connectivity index (χ0v) is 17.3. The molecule has 1 aromatic heterocycles. The second kappa shape index (κ2) is 8.79. The summed E-state index contributed by atoms with van der Waals surface area (Å²) in [5, 5.41) is 17.1. The highest BCUT2D eigenvalue weighted by Gasteiger charge is 2.19. The summed E-state index contributed by atoms with van der Waals surface area (Å²) in [4.78, 5) is 22.3. The van der Waals surface area contributed by atoms with Gasteiger partial charge in [0.25, 0.3) is 15.7 Å². The zero-order valence-electron chi connectivity index (χ0n) is 16.5. The van der Waals surface area contributed by atoms with Crippen molar-refractivity contribution in [2.45, 2.75) is 18.7 Å². The Morgan fingerprint density at radius 3 is 2.48 bits per heavy atom. The van der Waals surface area contributed by atoms with Gasteiger partial charge in [0, 0.05) is 29.5 Å². The highest BCUT2D eigenvalue weighted by molar-refractivity contribution is 7.92. The Bertz CT molecular complexity index is 1260. The monoisotopic (exact) mass is 442 g/mol. The summed E-state index contributed by atoms with van der Waals surface area (Å²) < 4.78 is 32.3. The maximum absolute atomic E-state index is 12.5. The van der Waals surface area contributed by atoms with Crippen molar-refractivity contribution in [2.24, 2.45) is 0 Å². The van der Waals surface area contributed by atoms with Crippen molar-refractivity contribution in [3.05, 3.63) is 81.5 Å². The average molecular weight is 442 g/mol. The third-order valence-corrected chi connectivity index (χ3v) is 5.67. The minimum absolute atomic E-state index is 0.0221. The molecule has 0 atom stereocenters. The van der Waals surface area contributed by atoms with E-state index in [4.69, 9.17) is 4.52 Å². The number of hydrogen-bond acceptors (Lipinski definition) is 7. The SMILES string of the molecule is Cc1noc(NS(=O)(=O)c2ccc(NC(=O)/C=C/c3cccc([N+](=O)[O-])c3)cc2)c1C. The maximum atomic E-state index is 12.5. The third-order valence-electron chi connectivity index (χ3n) is 4.32. The molecule has 10 nitrogen and oxygen atoms in total. The molecule has 11 heteroatoms. The second-order valence-electron chi connectivity index (χ2n) is 6.53. The molecule has 160 valence electrons. The van der Waals surface area contributed by atoms with Crippen molar-refractivity contribution >= 4 is 39.3 Å². The molecule has 1 amide bonds. The number of carbonyl (C=O) groups is 1. The Kier molecular flexibility index (Phi) is 6.16. The molecule has 0 saturated heterocycles. The molecule has 3 rings (SSSR count). The lowest BCUT2D eigenvalue weighted by Gasteiger charge is -2.07. The van der Waals surface area contributed by atoms with Crippen molar-refractivity contribution in [3.8, 4) is 0 Å². The molecule has 2 aromatic carbocycles. The molecule has 0 aliphatic heterocycles. The molecule has 0 saturated carbocycles. The van der Waals surface area contributed by atoms with Crippen LogP contribution in [0.2, 0.25) is 0 Å². The number of amides is 1. The Hall–Kier alpha value is -3.99. The summed E-state index contributed by atoms with van der Waals surface area (Å²) in [6, 6.07) is 11.4. The quantitative estimate of drug-likeness (QED) is 0.323. The largest absolute Gasteiger partial charge is 0.337 e. The van der Waals surface area contributed by atoms with Crippen LogP contribution in [0.1, 0.15) is 16.8 Å². The Morgan fingerprint density at radius 1 is 1.16 bits per heavy atom. The van der Waals surface area contributed by atoms with Crippen LogP contribution < -0.4 is 10.0 Å². The van der Waals surface area contributed by atoms with Crippen LogP contribution in [-0.2, 0) is 14.8 Å². The van der Waals surface area contributed by atoms with Gasteiger partial charge in [0.15, 0.2) is 0 Å². The molecule has 0 aliphatic rings. The van der Waals surface area contributed by atoms with E-state index in [2.05, 4.69) is 15.2 Å². The number of hydrogen-bond donors (Lipinski definition) is 2. The van der Waals surface area contributed by atoms with E-state index in [0.29, 0.717) is 22.5 Å². The van der Waals surface area contributed by atoms with Gasteiger partial charge in [-0.25, -0.2) is 13.1 Å². The molecule has 2 N–H and O–H groups in total. The molecule has 0 spiro atoms. The summed E-state index contributed by atoms with van der Waals surface area (Å²) >= 11 is 0. The van der Waals surface area contributed by atoms with E-state index in [1.165, 1.54) is 54.6 Å². The summed E-state index contributed by atoms with van der Waals surface area (Å²) in [6.07, 6.45) is 2.66. The van der Waals surface area contributed by atoms with Gasteiger partial charge >= 0.3 is 0 Å². The maximum Gasteiger partial charge on any atom is 0.270 e. The molecule has 0 bridgehead atoms. The number of non-ortho nitro benzene ring substituents is 1. The summed E-state index contributed by atoms with van der Waals surface area (Å²) in [5.41, 5.74) is 1.95. The first-order chi connectivity index (χ1) is 14.7. The Balaban J connectivity index is 1.66. The molecule has 0 aliphatic carbocycles. The first-order valence-corrected chi connectivity index (χ1v) is 10.4. The fourth-order valence-electron chi connectivity index (χ4n) is 2.51. The minimum atomic E-state index is -3.89. The molecular formula is C20H18N4O6S. The van der Waals surface area contributed by atoms with Gasteiger partial charge in [-0.05, 0) is 49.8 Å². The van der Waals surface area contributed by atoms with Crippen LogP contribution in [0.3, 0.4) is 0 Å². The van der Waals surface area contributed by atoms with E-state index in [1.54, 1.807) is 19.9 Å². The van der Waals surface area contributed by atoms with Crippen molar-refractivity contribution in [1.82, 2.24) is 5.16 Å². The minimum Gasteiger partial charge on any atom is -0.337 e. The number of aryl methyl sites for hydroxylation is 1. The highest BCUT2D eigenvalue weighted by atomic mass is 32.2. The average Bonchev–Trinajstić information content (AvgIpc) is 3.04. The van der Waals surface area contributed by atoms with Gasteiger partial charge in [0.1, 0.15) is 0 Å². The number of nitro benzene ring substituents is 1. The summed E-state index contributed by atoms with van der Waals surface area (Å²) in [5.74, 6) is -0.436. The predicted molar refractivity (Wildman–Crippen MR) is 114 cm³/mol. The fourth-order valence-corrected chi connectivity index (χ4v) is 3.55. The summed E-state index contributed by atoms with van der Waals surface area (Å²) in [7, 11) is -3.89. The molecule has 0 fully saturated rings. The van der Waals surface area contributed by atoms with E-state index in [0.717, 1.165) is 0 Å². The van der Waals surface area contributed by atoms with Crippen LogP contribution in [0.25, 0.3) is 6.08 Å². The molecule has 3 aromatic rings. The zero-order chi connectivity index (χ0) is 22.6. The van der Waals surface area contributed by atoms with Gasteiger partial charge < -0.3 is 9.84 Å². The number of sulfonamides is 1. The molecule has 1 heterocycles. The normalized spacial score (nSPS) is 11.4. The number of benzene rings is 2. The van der Waals surface area contributed by atoms with Crippen LogP contribution in [0.4, 0.5) is 17.3 Å². The van der Waals surface area contributed by atoms with Crippen molar-refractivity contribution in [2.75, 3.05) is 10.0 Å².